The lowest BCUT2D eigenvalue weighted by molar-refractivity contribution is 0.176. The monoisotopic (exact) mass is 288 g/mol. The zero-order chi connectivity index (χ0) is 14.1. The van der Waals surface area contributed by atoms with Crippen LogP contribution < -0.4 is 0 Å². The van der Waals surface area contributed by atoms with Crippen molar-refractivity contribution in [2.75, 3.05) is 13.1 Å². The van der Waals surface area contributed by atoms with Crippen LogP contribution in [0.1, 0.15) is 31.0 Å². The molecule has 5 heteroatoms. The molecule has 0 spiro atoms. The standard InChI is InChI=1S/C15H17ClN4/c1-11-3-2-4-19(9-11)10-12-5-13(7-17)20-15(6-12)14(16)8-18-20/h5-6,8,11H,2-4,9-10H2,1H3/t11-/m0/s1. The molecule has 3 rings (SSSR count). The van der Waals surface area contributed by atoms with Crippen LogP contribution in [0.25, 0.3) is 5.52 Å². The van der Waals surface area contributed by atoms with E-state index in [4.69, 9.17) is 11.6 Å². The fraction of sp³-hybridized carbons (Fsp3) is 0.467. The van der Waals surface area contributed by atoms with Crippen LogP contribution in [0.2, 0.25) is 5.02 Å². The van der Waals surface area contributed by atoms with Gasteiger partial charge in [0.05, 0.1) is 16.7 Å². The van der Waals surface area contributed by atoms with Crippen LogP contribution in [-0.2, 0) is 6.54 Å². The number of fused-ring (bicyclic) bond motifs is 1. The summed E-state index contributed by atoms with van der Waals surface area (Å²) >= 11 is 6.13. The highest BCUT2D eigenvalue weighted by atomic mass is 35.5. The van der Waals surface area contributed by atoms with Gasteiger partial charge in [-0.2, -0.15) is 10.4 Å². The van der Waals surface area contributed by atoms with E-state index in [9.17, 15) is 5.26 Å². The van der Waals surface area contributed by atoms with Gasteiger partial charge < -0.3 is 0 Å². The molecule has 1 atom stereocenters. The van der Waals surface area contributed by atoms with Crippen molar-refractivity contribution in [1.82, 2.24) is 14.5 Å². The number of nitriles is 1. The number of piperidine rings is 1. The van der Waals surface area contributed by atoms with Crippen LogP contribution in [0.4, 0.5) is 0 Å². The Kier molecular flexibility index (Phi) is 3.64. The van der Waals surface area contributed by atoms with Crippen molar-refractivity contribution >= 4 is 17.1 Å². The zero-order valence-corrected chi connectivity index (χ0v) is 12.3. The Morgan fingerprint density at radius 2 is 2.35 bits per heavy atom. The highest BCUT2D eigenvalue weighted by Gasteiger charge is 2.17. The summed E-state index contributed by atoms with van der Waals surface area (Å²) in [5.41, 5.74) is 2.48. The minimum absolute atomic E-state index is 0.537. The molecule has 2 aromatic rings. The SMILES string of the molecule is C[C@H]1CCCN(Cc2cc(C#N)n3ncc(Cl)c3c2)C1. The Morgan fingerprint density at radius 1 is 1.50 bits per heavy atom. The molecule has 1 aliphatic rings. The van der Waals surface area contributed by atoms with E-state index in [1.54, 1.807) is 10.7 Å². The highest BCUT2D eigenvalue weighted by Crippen LogP contribution is 2.22. The summed E-state index contributed by atoms with van der Waals surface area (Å²) in [5.74, 6) is 0.751. The molecule has 2 aromatic heterocycles. The maximum absolute atomic E-state index is 9.25. The molecule has 1 aliphatic heterocycles. The number of likely N-dealkylation sites (tertiary alicyclic amines) is 1. The number of aromatic nitrogens is 2. The van der Waals surface area contributed by atoms with Gasteiger partial charge in [-0.3, -0.25) is 4.90 Å². The second-order valence-electron chi connectivity index (χ2n) is 5.63. The van der Waals surface area contributed by atoms with Crippen LogP contribution in [-0.4, -0.2) is 27.6 Å². The molecule has 1 saturated heterocycles. The fourth-order valence-corrected chi connectivity index (χ4v) is 3.15. The summed E-state index contributed by atoms with van der Waals surface area (Å²) in [6.45, 7) is 5.42. The maximum Gasteiger partial charge on any atom is 0.143 e. The summed E-state index contributed by atoms with van der Waals surface area (Å²) in [5, 5.41) is 14.0. The molecule has 3 heterocycles. The first-order chi connectivity index (χ1) is 9.67. The third-order valence-corrected chi connectivity index (χ3v) is 4.18. The van der Waals surface area contributed by atoms with Crippen molar-refractivity contribution in [2.24, 2.45) is 5.92 Å². The molecule has 104 valence electrons. The number of nitrogens with zero attached hydrogens (tertiary/aromatic N) is 4. The minimum Gasteiger partial charge on any atom is -0.299 e. The van der Waals surface area contributed by atoms with Crippen molar-refractivity contribution in [3.63, 3.8) is 0 Å². The minimum atomic E-state index is 0.537. The number of hydrogen-bond acceptors (Lipinski definition) is 3. The Bertz CT molecular complexity index is 670. The fourth-order valence-electron chi connectivity index (χ4n) is 2.97. The summed E-state index contributed by atoms with van der Waals surface area (Å²) in [7, 11) is 0. The maximum atomic E-state index is 9.25. The van der Waals surface area contributed by atoms with Gasteiger partial charge in [0.15, 0.2) is 0 Å². The first-order valence-electron chi connectivity index (χ1n) is 6.96. The van der Waals surface area contributed by atoms with E-state index in [2.05, 4.69) is 23.0 Å². The molecule has 1 fully saturated rings. The van der Waals surface area contributed by atoms with Crippen LogP contribution in [0.3, 0.4) is 0 Å². The molecule has 0 aliphatic carbocycles. The van der Waals surface area contributed by atoms with Crippen molar-refractivity contribution in [3.8, 4) is 6.07 Å². The van der Waals surface area contributed by atoms with Crippen molar-refractivity contribution in [1.29, 1.82) is 5.26 Å². The van der Waals surface area contributed by atoms with Gasteiger partial charge in [0, 0.05) is 13.1 Å². The van der Waals surface area contributed by atoms with E-state index >= 15 is 0 Å². The van der Waals surface area contributed by atoms with Crippen LogP contribution in [0, 0.1) is 17.2 Å². The predicted octanol–water partition coefficient (Wildman–Crippen LogP) is 3.09. The van der Waals surface area contributed by atoms with Gasteiger partial charge in [-0.05, 0) is 43.0 Å². The second-order valence-corrected chi connectivity index (χ2v) is 6.04. The Labute approximate surface area is 123 Å². The van der Waals surface area contributed by atoms with E-state index < -0.39 is 0 Å². The third-order valence-electron chi connectivity index (χ3n) is 3.89. The summed E-state index contributed by atoms with van der Waals surface area (Å²) in [6.07, 6.45) is 4.15. The van der Waals surface area contributed by atoms with Crippen molar-refractivity contribution < 1.29 is 0 Å². The molecule has 0 bridgehead atoms. The average molecular weight is 289 g/mol. The topological polar surface area (TPSA) is 44.3 Å². The lowest BCUT2D eigenvalue weighted by atomic mass is 10.00. The highest BCUT2D eigenvalue weighted by molar-refractivity contribution is 6.33. The van der Waals surface area contributed by atoms with Crippen LogP contribution >= 0.6 is 11.6 Å². The van der Waals surface area contributed by atoms with Gasteiger partial charge in [-0.1, -0.05) is 18.5 Å². The number of hydrogen-bond donors (Lipinski definition) is 0. The normalized spacial score (nSPS) is 20.1. The van der Waals surface area contributed by atoms with E-state index in [0.29, 0.717) is 10.7 Å². The van der Waals surface area contributed by atoms with Gasteiger partial charge in [-0.15, -0.1) is 0 Å². The predicted molar refractivity (Wildman–Crippen MR) is 78.6 cm³/mol. The first kappa shape index (κ1) is 13.4. The number of rotatable bonds is 2. The van der Waals surface area contributed by atoms with Crippen LogP contribution in [0.5, 0.6) is 0 Å². The molecular weight excluding hydrogens is 272 g/mol. The summed E-state index contributed by atoms with van der Waals surface area (Å²) < 4.78 is 1.60. The van der Waals surface area contributed by atoms with Gasteiger partial charge in [0.2, 0.25) is 0 Å². The van der Waals surface area contributed by atoms with Gasteiger partial charge in [-0.25, -0.2) is 4.52 Å². The molecule has 0 radical (unpaired) electrons. The number of pyridine rings is 1. The van der Waals surface area contributed by atoms with E-state index in [1.165, 1.54) is 12.8 Å². The Morgan fingerprint density at radius 3 is 3.10 bits per heavy atom. The summed E-state index contributed by atoms with van der Waals surface area (Å²) in [4.78, 5) is 2.45. The molecule has 0 amide bonds. The van der Waals surface area contributed by atoms with Crippen molar-refractivity contribution in [3.05, 3.63) is 34.6 Å². The lowest BCUT2D eigenvalue weighted by Gasteiger charge is -2.30. The molecular formula is C15H17ClN4. The largest absolute Gasteiger partial charge is 0.299 e. The quantitative estimate of drug-likeness (QED) is 0.853. The van der Waals surface area contributed by atoms with Gasteiger partial charge in [0.1, 0.15) is 11.8 Å². The average Bonchev–Trinajstić information content (AvgIpc) is 2.80. The van der Waals surface area contributed by atoms with Gasteiger partial charge >= 0.3 is 0 Å². The molecule has 20 heavy (non-hydrogen) atoms. The van der Waals surface area contributed by atoms with E-state index in [-0.39, 0.29) is 0 Å². The number of halogens is 1. The van der Waals surface area contributed by atoms with Gasteiger partial charge in [0.25, 0.3) is 0 Å². The molecule has 0 unspecified atom stereocenters. The Balaban J connectivity index is 1.91. The smallest absolute Gasteiger partial charge is 0.143 e. The molecule has 0 saturated carbocycles. The molecule has 0 aromatic carbocycles. The third kappa shape index (κ3) is 2.52. The molecule has 0 N–H and O–H groups in total. The lowest BCUT2D eigenvalue weighted by Crippen LogP contribution is -2.33. The zero-order valence-electron chi connectivity index (χ0n) is 11.5. The summed E-state index contributed by atoms with van der Waals surface area (Å²) in [6, 6.07) is 6.14. The van der Waals surface area contributed by atoms with Crippen LogP contribution in [0.15, 0.2) is 18.3 Å². The Hall–Kier alpha value is -1.57. The van der Waals surface area contributed by atoms with E-state index in [0.717, 1.165) is 36.6 Å². The second kappa shape index (κ2) is 5.43. The molecule has 4 nitrogen and oxygen atoms in total. The first-order valence-corrected chi connectivity index (χ1v) is 7.34. The van der Waals surface area contributed by atoms with Crippen molar-refractivity contribution in [2.45, 2.75) is 26.3 Å². The van der Waals surface area contributed by atoms with E-state index in [1.807, 2.05) is 12.1 Å².